The van der Waals surface area contributed by atoms with Crippen molar-refractivity contribution in [2.75, 3.05) is 0 Å². The van der Waals surface area contributed by atoms with Crippen LogP contribution in [0.4, 0.5) is 0 Å². The van der Waals surface area contributed by atoms with Crippen LogP contribution in [0.25, 0.3) is 11.1 Å². The van der Waals surface area contributed by atoms with E-state index in [2.05, 4.69) is 0 Å². The van der Waals surface area contributed by atoms with Crippen molar-refractivity contribution in [2.45, 2.75) is 26.0 Å². The fraction of sp³-hybridized carbons (Fsp3) is 0.235. The smallest absolute Gasteiger partial charge is 0.258 e. The van der Waals surface area contributed by atoms with Gasteiger partial charge in [-0.2, -0.15) is 0 Å². The van der Waals surface area contributed by atoms with Crippen molar-refractivity contribution in [1.82, 2.24) is 0 Å². The van der Waals surface area contributed by atoms with Crippen molar-refractivity contribution < 1.29 is 9.53 Å². The average molecular weight is 284 g/mol. The van der Waals surface area contributed by atoms with Crippen LogP contribution < -0.4 is 16.2 Å². The van der Waals surface area contributed by atoms with Crippen LogP contribution in [0.2, 0.25) is 0 Å². The van der Waals surface area contributed by atoms with Crippen LogP contribution >= 0.6 is 0 Å². The topological polar surface area (TPSA) is 78.3 Å². The summed E-state index contributed by atoms with van der Waals surface area (Å²) < 4.78 is 5.56. The van der Waals surface area contributed by atoms with Gasteiger partial charge in [-0.15, -0.1) is 0 Å². The summed E-state index contributed by atoms with van der Waals surface area (Å²) >= 11 is 0. The maximum Gasteiger partial charge on any atom is 0.258 e. The highest BCUT2D eigenvalue weighted by atomic mass is 16.5. The Labute approximate surface area is 124 Å². The normalized spacial score (nSPS) is 11.9. The molecular formula is C17H20N2O2. The number of carbonyl (C=O) groups excluding carboxylic acids is 1. The van der Waals surface area contributed by atoms with Gasteiger partial charge in [0, 0.05) is 6.54 Å². The SMILES string of the molecule is CCC(Oc1ccc(-c2ccc(CN)cc2)cc1)C(N)=O. The Hall–Kier alpha value is -2.33. The van der Waals surface area contributed by atoms with Crippen molar-refractivity contribution in [3.05, 3.63) is 54.1 Å². The molecule has 2 aromatic rings. The summed E-state index contributed by atoms with van der Waals surface area (Å²) in [6.45, 7) is 2.40. The summed E-state index contributed by atoms with van der Waals surface area (Å²) in [5.74, 6) is 0.196. The lowest BCUT2D eigenvalue weighted by molar-refractivity contribution is -0.124. The van der Waals surface area contributed by atoms with Gasteiger partial charge in [-0.1, -0.05) is 43.3 Å². The number of ether oxygens (including phenoxy) is 1. The second-order valence-corrected chi connectivity index (χ2v) is 4.84. The van der Waals surface area contributed by atoms with Gasteiger partial charge in [0.2, 0.25) is 0 Å². The maximum absolute atomic E-state index is 11.2. The number of amides is 1. The molecule has 0 bridgehead atoms. The fourth-order valence-electron chi connectivity index (χ4n) is 2.07. The van der Waals surface area contributed by atoms with Crippen LogP contribution in [0, 0.1) is 0 Å². The van der Waals surface area contributed by atoms with Crippen LogP contribution in [-0.4, -0.2) is 12.0 Å². The Morgan fingerprint density at radius 1 is 1.05 bits per heavy atom. The van der Waals surface area contributed by atoms with Gasteiger partial charge < -0.3 is 16.2 Å². The van der Waals surface area contributed by atoms with Crippen LogP contribution in [0.5, 0.6) is 5.75 Å². The molecule has 0 saturated heterocycles. The summed E-state index contributed by atoms with van der Waals surface area (Å²) in [5.41, 5.74) is 14.2. The number of primary amides is 1. The highest BCUT2D eigenvalue weighted by molar-refractivity contribution is 5.79. The van der Waals surface area contributed by atoms with Gasteiger partial charge in [-0.3, -0.25) is 4.79 Å². The van der Waals surface area contributed by atoms with E-state index < -0.39 is 12.0 Å². The van der Waals surface area contributed by atoms with Crippen molar-refractivity contribution in [1.29, 1.82) is 0 Å². The molecule has 0 aliphatic heterocycles. The molecule has 0 aliphatic rings. The summed E-state index contributed by atoms with van der Waals surface area (Å²) in [6.07, 6.45) is -0.0304. The monoisotopic (exact) mass is 284 g/mol. The summed E-state index contributed by atoms with van der Waals surface area (Å²) in [7, 11) is 0. The predicted octanol–water partition coefficient (Wildman–Crippen LogP) is 2.46. The first kappa shape index (κ1) is 15.1. The van der Waals surface area contributed by atoms with Crippen LogP contribution in [-0.2, 0) is 11.3 Å². The highest BCUT2D eigenvalue weighted by Crippen LogP contribution is 2.23. The van der Waals surface area contributed by atoms with Gasteiger partial charge in [0.15, 0.2) is 6.10 Å². The molecule has 4 nitrogen and oxygen atoms in total. The van der Waals surface area contributed by atoms with E-state index in [1.165, 1.54) is 0 Å². The zero-order valence-electron chi connectivity index (χ0n) is 12.1. The van der Waals surface area contributed by atoms with Gasteiger partial charge in [0.25, 0.3) is 5.91 Å². The van der Waals surface area contributed by atoms with E-state index >= 15 is 0 Å². The molecule has 2 rings (SSSR count). The molecule has 0 spiro atoms. The number of hydrogen-bond donors (Lipinski definition) is 2. The van der Waals surface area contributed by atoms with Gasteiger partial charge >= 0.3 is 0 Å². The second-order valence-electron chi connectivity index (χ2n) is 4.84. The summed E-state index contributed by atoms with van der Waals surface area (Å²) in [4.78, 5) is 11.2. The number of carbonyl (C=O) groups is 1. The largest absolute Gasteiger partial charge is 0.481 e. The zero-order valence-corrected chi connectivity index (χ0v) is 12.1. The van der Waals surface area contributed by atoms with Crippen LogP contribution in [0.15, 0.2) is 48.5 Å². The average Bonchev–Trinajstić information content (AvgIpc) is 2.53. The number of hydrogen-bond acceptors (Lipinski definition) is 3. The molecule has 0 aromatic heterocycles. The Kier molecular flexibility index (Phi) is 4.95. The predicted molar refractivity (Wildman–Crippen MR) is 83.7 cm³/mol. The lowest BCUT2D eigenvalue weighted by atomic mass is 10.0. The van der Waals surface area contributed by atoms with E-state index in [1.807, 2.05) is 55.5 Å². The van der Waals surface area contributed by atoms with E-state index in [1.54, 1.807) is 0 Å². The minimum Gasteiger partial charge on any atom is -0.481 e. The lowest BCUT2D eigenvalue weighted by Gasteiger charge is -2.14. The molecule has 0 aliphatic carbocycles. The van der Waals surface area contributed by atoms with Crippen molar-refractivity contribution >= 4 is 5.91 Å². The molecule has 0 fully saturated rings. The number of nitrogens with two attached hydrogens (primary N) is 2. The van der Waals surface area contributed by atoms with E-state index in [4.69, 9.17) is 16.2 Å². The first-order valence-electron chi connectivity index (χ1n) is 6.99. The molecule has 1 amide bonds. The van der Waals surface area contributed by atoms with Crippen molar-refractivity contribution in [3.63, 3.8) is 0 Å². The molecule has 1 atom stereocenters. The molecule has 4 heteroatoms. The molecule has 21 heavy (non-hydrogen) atoms. The summed E-state index contributed by atoms with van der Waals surface area (Å²) in [6, 6.07) is 15.7. The molecule has 1 unspecified atom stereocenters. The van der Waals surface area contributed by atoms with Crippen molar-refractivity contribution in [2.24, 2.45) is 11.5 Å². The van der Waals surface area contributed by atoms with Gasteiger partial charge in [0.1, 0.15) is 5.75 Å². The Morgan fingerprint density at radius 3 is 2.00 bits per heavy atom. The lowest BCUT2D eigenvalue weighted by Crippen LogP contribution is -2.32. The minimum atomic E-state index is -0.584. The molecule has 0 heterocycles. The maximum atomic E-state index is 11.2. The van der Waals surface area contributed by atoms with Gasteiger partial charge in [-0.05, 0) is 35.2 Å². The third-order valence-corrected chi connectivity index (χ3v) is 3.34. The first-order chi connectivity index (χ1) is 10.1. The Balaban J connectivity index is 2.12. The number of rotatable bonds is 6. The van der Waals surface area contributed by atoms with Gasteiger partial charge in [-0.25, -0.2) is 0 Å². The van der Waals surface area contributed by atoms with E-state index in [-0.39, 0.29) is 0 Å². The van der Waals surface area contributed by atoms with E-state index in [0.717, 1.165) is 16.7 Å². The van der Waals surface area contributed by atoms with Crippen LogP contribution in [0.3, 0.4) is 0 Å². The quantitative estimate of drug-likeness (QED) is 0.855. The first-order valence-corrected chi connectivity index (χ1v) is 6.99. The third kappa shape index (κ3) is 3.83. The Morgan fingerprint density at radius 2 is 1.57 bits per heavy atom. The molecule has 2 aromatic carbocycles. The fourth-order valence-corrected chi connectivity index (χ4v) is 2.07. The standard InChI is InChI=1S/C17H20N2O2/c1-2-16(17(19)20)21-15-9-7-14(8-10-15)13-5-3-12(11-18)4-6-13/h3-10,16H,2,11,18H2,1H3,(H2,19,20). The molecular weight excluding hydrogens is 264 g/mol. The van der Waals surface area contributed by atoms with Gasteiger partial charge in [0.05, 0.1) is 0 Å². The van der Waals surface area contributed by atoms with Crippen molar-refractivity contribution in [3.8, 4) is 16.9 Å². The number of benzene rings is 2. The molecule has 0 radical (unpaired) electrons. The van der Waals surface area contributed by atoms with Crippen LogP contribution in [0.1, 0.15) is 18.9 Å². The third-order valence-electron chi connectivity index (χ3n) is 3.34. The molecule has 110 valence electrons. The summed E-state index contributed by atoms with van der Waals surface area (Å²) in [5, 5.41) is 0. The highest BCUT2D eigenvalue weighted by Gasteiger charge is 2.14. The minimum absolute atomic E-state index is 0.445. The molecule has 4 N–H and O–H groups in total. The second kappa shape index (κ2) is 6.90. The van der Waals surface area contributed by atoms with E-state index in [0.29, 0.717) is 18.7 Å². The Bertz CT molecular complexity index is 591. The molecule has 0 saturated carbocycles. The zero-order chi connectivity index (χ0) is 15.2. The van der Waals surface area contributed by atoms with E-state index in [9.17, 15) is 4.79 Å².